The fraction of sp³-hybridized carbons (Fsp3) is 0.625. The maximum atomic E-state index is 13.9. The lowest BCUT2D eigenvalue weighted by Gasteiger charge is -2.33. The van der Waals surface area contributed by atoms with Crippen LogP contribution in [-0.2, 0) is 12.7 Å². The third kappa shape index (κ3) is 8.78. The van der Waals surface area contributed by atoms with Gasteiger partial charge in [0.1, 0.15) is 19.0 Å². The van der Waals surface area contributed by atoms with E-state index in [1.54, 1.807) is 0 Å². The number of rotatable bonds is 11. The second-order valence-electron chi connectivity index (χ2n) is 10.5. The van der Waals surface area contributed by atoms with Gasteiger partial charge in [-0.25, -0.2) is 31.7 Å². The molecule has 3 heterocycles. The van der Waals surface area contributed by atoms with Crippen molar-refractivity contribution in [3.63, 3.8) is 0 Å². The van der Waals surface area contributed by atoms with Gasteiger partial charge < -0.3 is 15.5 Å². The van der Waals surface area contributed by atoms with Crippen LogP contribution in [0, 0.1) is 5.92 Å². The van der Waals surface area contributed by atoms with Crippen molar-refractivity contribution in [3.8, 4) is 0 Å². The minimum atomic E-state index is -5.31. The third-order valence-electron chi connectivity index (χ3n) is 7.10. The zero-order chi connectivity index (χ0) is 33.3. The van der Waals surface area contributed by atoms with Crippen molar-refractivity contribution in [2.75, 3.05) is 0 Å². The average molecular weight is 665 g/mol. The first-order chi connectivity index (χ1) is 20.8. The highest BCUT2D eigenvalue weighted by Crippen LogP contribution is 2.41. The monoisotopic (exact) mass is 664 g/mol. The molecule has 1 aliphatic rings. The number of hydrogen-bond acceptors (Lipinski definition) is 8. The summed E-state index contributed by atoms with van der Waals surface area (Å²) in [5.74, 6) is -5.28. The lowest BCUT2D eigenvalue weighted by Crippen LogP contribution is -2.38. The van der Waals surface area contributed by atoms with Crippen LogP contribution < -0.4 is 10.6 Å². The van der Waals surface area contributed by atoms with E-state index < -0.39 is 98.6 Å². The molecule has 11 nitrogen and oxygen atoms in total. The Morgan fingerprint density at radius 1 is 1.11 bits per heavy atom. The second kappa shape index (κ2) is 13.0. The molecule has 0 aromatic carbocycles. The molecular weight excluding hydrogens is 638 g/mol. The fourth-order valence-electron chi connectivity index (χ4n) is 4.92. The van der Waals surface area contributed by atoms with Gasteiger partial charge in [-0.05, 0) is 31.2 Å². The molecule has 1 saturated carbocycles. The van der Waals surface area contributed by atoms with Crippen LogP contribution in [-0.4, -0.2) is 70.5 Å². The Hall–Kier alpha value is -3.59. The maximum absolute atomic E-state index is 13.9. The number of alkyl halides is 10. The first-order valence-corrected chi connectivity index (χ1v) is 13.3. The van der Waals surface area contributed by atoms with Crippen molar-refractivity contribution in [2.45, 2.75) is 88.3 Å². The molecule has 250 valence electrons. The van der Waals surface area contributed by atoms with E-state index in [0.717, 1.165) is 10.7 Å². The molecule has 0 radical (unpaired) electrons. The van der Waals surface area contributed by atoms with E-state index >= 15 is 0 Å². The molecule has 3 atom stereocenters. The molecule has 3 aromatic rings. The van der Waals surface area contributed by atoms with Gasteiger partial charge in [0.2, 0.25) is 5.92 Å². The summed E-state index contributed by atoms with van der Waals surface area (Å²) < 4.78 is 133. The highest BCUT2D eigenvalue weighted by atomic mass is 19.4. The van der Waals surface area contributed by atoms with Gasteiger partial charge in [-0.2, -0.15) is 31.4 Å². The number of imidazole rings is 1. The Labute approximate surface area is 246 Å². The van der Waals surface area contributed by atoms with E-state index in [2.05, 4.69) is 31.0 Å². The van der Waals surface area contributed by atoms with Crippen LogP contribution in [0.2, 0.25) is 0 Å². The molecule has 0 spiro atoms. The molecule has 1 unspecified atom stereocenters. The number of nitrogens with one attached hydrogen (secondary N) is 2. The van der Waals surface area contributed by atoms with Crippen LogP contribution in [0.1, 0.15) is 78.2 Å². The molecule has 4 rings (SSSR count). The van der Waals surface area contributed by atoms with Gasteiger partial charge in [0.25, 0.3) is 12.3 Å². The minimum Gasteiger partial charge on any atom is -0.379 e. The Morgan fingerprint density at radius 2 is 1.78 bits per heavy atom. The smallest absolute Gasteiger partial charge is 0.379 e. The highest BCUT2D eigenvalue weighted by Gasteiger charge is 2.44. The number of nitrogens with zero attached hydrogens (tertiary/aromatic N) is 6. The number of fused-ring (bicyclic) bond motifs is 1. The normalized spacial score (nSPS) is 18.3. The van der Waals surface area contributed by atoms with Gasteiger partial charge in [-0.15, -0.1) is 5.10 Å². The van der Waals surface area contributed by atoms with Crippen molar-refractivity contribution in [1.82, 2.24) is 40.2 Å². The summed E-state index contributed by atoms with van der Waals surface area (Å²) in [5, 5.41) is 34.7. The summed E-state index contributed by atoms with van der Waals surface area (Å²) in [6.45, 7) is -1.50. The number of amides is 1. The van der Waals surface area contributed by atoms with Crippen molar-refractivity contribution < 1.29 is 58.9 Å². The zero-order valence-electron chi connectivity index (χ0n) is 22.8. The van der Waals surface area contributed by atoms with E-state index in [1.807, 2.05) is 0 Å². The van der Waals surface area contributed by atoms with Crippen molar-refractivity contribution in [1.29, 1.82) is 0 Å². The maximum Gasteiger partial charge on any atom is 0.435 e. The van der Waals surface area contributed by atoms with Crippen molar-refractivity contribution in [3.05, 3.63) is 41.1 Å². The van der Waals surface area contributed by atoms with Crippen molar-refractivity contribution >= 4 is 11.6 Å². The van der Waals surface area contributed by atoms with Crippen LogP contribution in [0.15, 0.2) is 18.5 Å². The largest absolute Gasteiger partial charge is 0.435 e. The van der Waals surface area contributed by atoms with E-state index in [0.29, 0.717) is 0 Å². The Balaban J connectivity index is 1.62. The van der Waals surface area contributed by atoms with Gasteiger partial charge >= 0.3 is 12.4 Å². The first kappa shape index (κ1) is 34.3. The molecule has 3 aromatic heterocycles. The summed E-state index contributed by atoms with van der Waals surface area (Å²) in [5.41, 5.74) is -3.31. The fourth-order valence-corrected chi connectivity index (χ4v) is 4.92. The number of halogens is 10. The summed E-state index contributed by atoms with van der Waals surface area (Å²) >= 11 is 0. The molecule has 4 N–H and O–H groups in total. The van der Waals surface area contributed by atoms with Gasteiger partial charge in [0, 0.05) is 24.8 Å². The van der Waals surface area contributed by atoms with Crippen LogP contribution >= 0.6 is 0 Å². The van der Waals surface area contributed by atoms with E-state index in [4.69, 9.17) is 0 Å². The quantitative estimate of drug-likeness (QED) is 0.177. The topological polar surface area (TPSA) is 142 Å². The van der Waals surface area contributed by atoms with Gasteiger partial charge in [0.05, 0.1) is 24.1 Å². The number of aliphatic hydroxyl groups is 2. The zero-order valence-corrected chi connectivity index (χ0v) is 22.8. The number of carbonyl (C=O) groups is 1. The average Bonchev–Trinajstić information content (AvgIpc) is 3.54. The van der Waals surface area contributed by atoms with Crippen LogP contribution in [0.4, 0.5) is 43.9 Å². The molecule has 1 aliphatic carbocycles. The minimum absolute atomic E-state index is 0.0348. The Bertz CT molecular complexity index is 1470. The predicted molar refractivity (Wildman–Crippen MR) is 131 cm³/mol. The van der Waals surface area contributed by atoms with E-state index in [-0.39, 0.29) is 34.4 Å². The standard InChI is InChI=1S/C24H26F10N8O3/c25-14(26)10-42-19(24(32,33)34)18(39-40-42)21(45)38-17(11-1-4-22(27,28)5-2-11)13-9-41-15(36-13)7-12(8-35-41)20(44)37-16(43)3-6-23(29,30)31/h7-9,11,14,16-17,20,37,43-44H,1-6,10H2,(H,38,45)/t16?,17-,20+/m0/s1. The molecule has 1 fully saturated rings. The van der Waals surface area contributed by atoms with E-state index in [1.165, 1.54) is 12.3 Å². The van der Waals surface area contributed by atoms with E-state index in [9.17, 15) is 58.9 Å². The summed E-state index contributed by atoms with van der Waals surface area (Å²) in [6.07, 6.45) is -18.0. The van der Waals surface area contributed by atoms with Gasteiger partial charge in [-0.1, -0.05) is 5.21 Å². The van der Waals surface area contributed by atoms with Crippen LogP contribution in [0.3, 0.4) is 0 Å². The summed E-state index contributed by atoms with van der Waals surface area (Å²) in [4.78, 5) is 17.4. The molecule has 21 heteroatoms. The molecule has 0 saturated heterocycles. The number of aromatic nitrogens is 6. The predicted octanol–water partition coefficient (Wildman–Crippen LogP) is 4.14. The molecule has 0 aliphatic heterocycles. The third-order valence-corrected chi connectivity index (χ3v) is 7.10. The first-order valence-electron chi connectivity index (χ1n) is 13.3. The Morgan fingerprint density at radius 3 is 2.38 bits per heavy atom. The second-order valence-corrected chi connectivity index (χ2v) is 10.5. The number of aliphatic hydroxyl groups excluding tert-OH is 2. The highest BCUT2D eigenvalue weighted by molar-refractivity contribution is 5.93. The lowest BCUT2D eigenvalue weighted by atomic mass is 9.81. The Kier molecular flexibility index (Phi) is 9.93. The SMILES string of the molecule is O=C(N[C@H](c1cn2ncc([C@@H](O)NC(O)CCC(F)(F)F)cc2n1)C1CCC(F)(F)CC1)c1nnn(CC(F)F)c1C(F)(F)F. The van der Waals surface area contributed by atoms with Crippen molar-refractivity contribution in [2.24, 2.45) is 5.92 Å². The van der Waals surface area contributed by atoms with Gasteiger partial charge in [0.15, 0.2) is 17.0 Å². The lowest BCUT2D eigenvalue weighted by molar-refractivity contribution is -0.145. The molecule has 0 bridgehead atoms. The summed E-state index contributed by atoms with van der Waals surface area (Å²) in [6, 6.07) is -0.0942. The summed E-state index contributed by atoms with van der Waals surface area (Å²) in [7, 11) is 0. The number of hydrogen-bond donors (Lipinski definition) is 4. The van der Waals surface area contributed by atoms with Gasteiger partial charge in [-0.3, -0.25) is 10.1 Å². The molecule has 45 heavy (non-hydrogen) atoms. The van der Waals surface area contributed by atoms with Crippen LogP contribution in [0.5, 0.6) is 0 Å². The molecule has 1 amide bonds. The van der Waals surface area contributed by atoms with Crippen LogP contribution in [0.25, 0.3) is 5.65 Å². The molecular formula is C24H26F10N8O3. The number of carbonyl (C=O) groups excluding carboxylic acids is 1.